The van der Waals surface area contributed by atoms with E-state index < -0.39 is 5.91 Å². The van der Waals surface area contributed by atoms with Crippen LogP contribution in [0.3, 0.4) is 0 Å². The summed E-state index contributed by atoms with van der Waals surface area (Å²) >= 11 is 12.4. The van der Waals surface area contributed by atoms with Gasteiger partial charge in [0.2, 0.25) is 11.8 Å². The van der Waals surface area contributed by atoms with Crippen molar-refractivity contribution < 1.29 is 4.79 Å². The van der Waals surface area contributed by atoms with Crippen molar-refractivity contribution in [3.05, 3.63) is 88.4 Å². The molecular formula is C21H16Cl2N10O. The number of halogens is 2. The van der Waals surface area contributed by atoms with E-state index in [1.807, 2.05) is 30.3 Å². The van der Waals surface area contributed by atoms with E-state index in [9.17, 15) is 4.79 Å². The van der Waals surface area contributed by atoms with Gasteiger partial charge >= 0.3 is 0 Å². The predicted octanol–water partition coefficient (Wildman–Crippen LogP) is 3.24. The molecule has 11 nitrogen and oxygen atoms in total. The summed E-state index contributed by atoms with van der Waals surface area (Å²) in [5.41, 5.74) is 1.76. The lowest BCUT2D eigenvalue weighted by atomic mass is 10.2. The average Bonchev–Trinajstić information content (AvgIpc) is 3.59. The minimum absolute atomic E-state index is 0.133. The van der Waals surface area contributed by atoms with E-state index >= 15 is 0 Å². The van der Waals surface area contributed by atoms with Gasteiger partial charge in [0.05, 0.1) is 6.54 Å². The van der Waals surface area contributed by atoms with Crippen molar-refractivity contribution in [3.63, 3.8) is 0 Å². The van der Waals surface area contributed by atoms with Crippen molar-refractivity contribution in [1.29, 1.82) is 0 Å². The fourth-order valence-electron chi connectivity index (χ4n) is 3.14. The molecule has 0 fully saturated rings. The van der Waals surface area contributed by atoms with Crippen LogP contribution in [-0.2, 0) is 13.2 Å². The van der Waals surface area contributed by atoms with Crippen molar-refractivity contribution in [1.82, 2.24) is 44.8 Å². The first-order chi connectivity index (χ1) is 16.5. The highest BCUT2D eigenvalue weighted by molar-refractivity contribution is 6.35. The zero-order valence-electron chi connectivity index (χ0n) is 17.5. The summed E-state index contributed by atoms with van der Waals surface area (Å²) < 4.78 is 3.05. The SMILES string of the molecule is O=C(Nc1ncn(Cc2c(Cl)cccc2Cl)n1)c1ccn(Cn2nnc(-c3ccccc3)n2)n1. The third-order valence-electron chi connectivity index (χ3n) is 4.77. The monoisotopic (exact) mass is 494 g/mol. The Bertz CT molecular complexity index is 1420. The number of nitrogens with one attached hydrogen (secondary N) is 1. The smallest absolute Gasteiger partial charge is 0.278 e. The Morgan fingerprint density at radius 2 is 1.71 bits per heavy atom. The molecule has 0 unspecified atom stereocenters. The molecule has 34 heavy (non-hydrogen) atoms. The number of tetrazole rings is 1. The molecule has 0 saturated carbocycles. The van der Waals surface area contributed by atoms with Crippen LogP contribution in [0.25, 0.3) is 11.4 Å². The van der Waals surface area contributed by atoms with Gasteiger partial charge < -0.3 is 0 Å². The molecule has 0 radical (unpaired) electrons. The second kappa shape index (κ2) is 9.41. The minimum atomic E-state index is -0.455. The Labute approximate surface area is 202 Å². The van der Waals surface area contributed by atoms with E-state index in [1.165, 1.54) is 20.5 Å². The third kappa shape index (κ3) is 4.80. The normalized spacial score (nSPS) is 11.0. The number of carbonyl (C=O) groups is 1. The van der Waals surface area contributed by atoms with Gasteiger partial charge in [-0.15, -0.1) is 20.1 Å². The van der Waals surface area contributed by atoms with Crippen LogP contribution in [0.2, 0.25) is 10.0 Å². The number of nitrogens with zero attached hydrogens (tertiary/aromatic N) is 9. The van der Waals surface area contributed by atoms with Gasteiger partial charge in [-0.25, -0.2) is 14.3 Å². The molecule has 0 atom stereocenters. The summed E-state index contributed by atoms with van der Waals surface area (Å²) in [6.45, 7) is 0.504. The fraction of sp³-hybridized carbons (Fsp3) is 0.0952. The lowest BCUT2D eigenvalue weighted by Crippen LogP contribution is -2.16. The van der Waals surface area contributed by atoms with E-state index in [2.05, 4.69) is 35.9 Å². The zero-order chi connectivity index (χ0) is 23.5. The van der Waals surface area contributed by atoms with Gasteiger partial charge in [0.15, 0.2) is 12.4 Å². The van der Waals surface area contributed by atoms with Crippen LogP contribution in [0.1, 0.15) is 16.1 Å². The van der Waals surface area contributed by atoms with Crippen LogP contribution in [0.15, 0.2) is 67.1 Å². The Hall–Kier alpha value is -4.09. The van der Waals surface area contributed by atoms with Crippen LogP contribution in [0, 0.1) is 0 Å². The lowest BCUT2D eigenvalue weighted by molar-refractivity contribution is 0.102. The first-order valence-corrected chi connectivity index (χ1v) is 10.8. The quantitative estimate of drug-likeness (QED) is 0.368. The molecule has 170 valence electrons. The number of amides is 1. The zero-order valence-corrected chi connectivity index (χ0v) is 19.0. The fourth-order valence-corrected chi connectivity index (χ4v) is 3.65. The minimum Gasteiger partial charge on any atom is -0.288 e. The van der Waals surface area contributed by atoms with Crippen molar-refractivity contribution >= 4 is 35.1 Å². The second-order valence-electron chi connectivity index (χ2n) is 7.15. The summed E-state index contributed by atoms with van der Waals surface area (Å²) in [5, 5.41) is 24.6. The molecule has 5 aromatic rings. The summed E-state index contributed by atoms with van der Waals surface area (Å²) in [7, 11) is 0. The van der Waals surface area contributed by atoms with Gasteiger partial charge in [0, 0.05) is 27.4 Å². The molecule has 3 heterocycles. The van der Waals surface area contributed by atoms with Crippen molar-refractivity contribution in [2.24, 2.45) is 0 Å². The summed E-state index contributed by atoms with van der Waals surface area (Å²) in [6.07, 6.45) is 3.13. The molecule has 3 aromatic heterocycles. The highest BCUT2D eigenvalue weighted by Crippen LogP contribution is 2.25. The van der Waals surface area contributed by atoms with Crippen molar-refractivity contribution in [3.8, 4) is 11.4 Å². The molecule has 0 spiro atoms. The van der Waals surface area contributed by atoms with Crippen LogP contribution in [0.4, 0.5) is 5.95 Å². The Kier molecular flexibility index (Phi) is 6.02. The van der Waals surface area contributed by atoms with Crippen molar-refractivity contribution in [2.75, 3.05) is 5.32 Å². The average molecular weight is 495 g/mol. The van der Waals surface area contributed by atoms with Crippen LogP contribution < -0.4 is 5.32 Å². The number of hydrogen-bond donors (Lipinski definition) is 1. The Balaban J connectivity index is 1.22. The van der Waals surface area contributed by atoms with Crippen LogP contribution >= 0.6 is 23.2 Å². The lowest BCUT2D eigenvalue weighted by Gasteiger charge is -2.06. The highest BCUT2D eigenvalue weighted by Gasteiger charge is 2.14. The molecule has 0 aliphatic carbocycles. The maximum absolute atomic E-state index is 12.6. The number of rotatable bonds is 7. The molecule has 0 aliphatic rings. The first-order valence-electron chi connectivity index (χ1n) is 10.1. The molecule has 1 N–H and O–H groups in total. The van der Waals surface area contributed by atoms with Gasteiger partial charge in [0.25, 0.3) is 5.91 Å². The first kappa shape index (κ1) is 21.7. The van der Waals surface area contributed by atoms with E-state index in [0.29, 0.717) is 28.0 Å². The van der Waals surface area contributed by atoms with Crippen LogP contribution in [0.5, 0.6) is 0 Å². The maximum atomic E-state index is 12.6. The molecular weight excluding hydrogens is 479 g/mol. The maximum Gasteiger partial charge on any atom is 0.278 e. The summed E-state index contributed by atoms with van der Waals surface area (Å²) in [6, 6.07) is 16.3. The number of hydrogen-bond acceptors (Lipinski definition) is 7. The number of anilines is 1. The van der Waals surface area contributed by atoms with Gasteiger partial charge in [-0.1, -0.05) is 59.6 Å². The van der Waals surface area contributed by atoms with Gasteiger partial charge in [-0.05, 0) is 23.4 Å². The molecule has 0 saturated heterocycles. The van der Waals surface area contributed by atoms with Crippen molar-refractivity contribution in [2.45, 2.75) is 13.2 Å². The molecule has 0 bridgehead atoms. The Morgan fingerprint density at radius 3 is 2.50 bits per heavy atom. The predicted molar refractivity (Wildman–Crippen MR) is 124 cm³/mol. The van der Waals surface area contributed by atoms with E-state index in [4.69, 9.17) is 23.2 Å². The molecule has 1 amide bonds. The number of aromatic nitrogens is 9. The summed E-state index contributed by atoms with van der Waals surface area (Å²) in [4.78, 5) is 18.1. The van der Waals surface area contributed by atoms with Gasteiger partial charge in [-0.3, -0.25) is 10.1 Å². The third-order valence-corrected chi connectivity index (χ3v) is 5.48. The Morgan fingerprint density at radius 1 is 0.912 bits per heavy atom. The second-order valence-corrected chi connectivity index (χ2v) is 7.97. The van der Waals surface area contributed by atoms with Gasteiger partial charge in [0.1, 0.15) is 6.33 Å². The number of benzene rings is 2. The topological polar surface area (TPSA) is 121 Å². The number of carbonyl (C=O) groups excluding carboxylic acids is 1. The van der Waals surface area contributed by atoms with E-state index in [1.54, 1.807) is 30.5 Å². The van der Waals surface area contributed by atoms with E-state index in [0.717, 1.165) is 5.56 Å². The van der Waals surface area contributed by atoms with E-state index in [-0.39, 0.29) is 18.3 Å². The largest absolute Gasteiger partial charge is 0.288 e. The van der Waals surface area contributed by atoms with Gasteiger partial charge in [-0.2, -0.15) is 5.10 Å². The summed E-state index contributed by atoms with van der Waals surface area (Å²) in [5.74, 6) is 0.183. The molecule has 2 aromatic carbocycles. The molecule has 13 heteroatoms. The standard InChI is InChI=1S/C21H16Cl2N10O/c22-16-7-4-8-17(23)15(16)11-32-12-24-21(29-32)25-20(34)18-9-10-31(27-18)13-33-28-19(26-30-33)14-5-2-1-3-6-14/h1-10,12H,11,13H2,(H,25,29,34). The highest BCUT2D eigenvalue weighted by atomic mass is 35.5. The molecule has 5 rings (SSSR count). The molecule has 0 aliphatic heterocycles. The van der Waals surface area contributed by atoms with Crippen LogP contribution in [-0.4, -0.2) is 50.7 Å².